The zero-order chi connectivity index (χ0) is 24.4. The van der Waals surface area contributed by atoms with Gasteiger partial charge < -0.3 is 20.5 Å². The number of amides is 2. The number of rotatable bonds is 8. The van der Waals surface area contributed by atoms with E-state index in [0.717, 1.165) is 12.8 Å². The lowest BCUT2D eigenvalue weighted by Gasteiger charge is -2.29. The first-order valence-electron chi connectivity index (χ1n) is 12.6. The van der Waals surface area contributed by atoms with E-state index in [1.807, 2.05) is 24.3 Å². The van der Waals surface area contributed by atoms with Gasteiger partial charge in [0.25, 0.3) is 0 Å². The molecule has 0 radical (unpaired) electrons. The summed E-state index contributed by atoms with van der Waals surface area (Å²) >= 11 is 0. The molecule has 3 N–H and O–H groups in total. The molecule has 5 rings (SSSR count). The third-order valence-corrected chi connectivity index (χ3v) is 7.68. The maximum absolute atomic E-state index is 12.7. The fourth-order valence-electron chi connectivity index (χ4n) is 5.63. The van der Waals surface area contributed by atoms with Crippen LogP contribution in [0.15, 0.2) is 48.5 Å². The van der Waals surface area contributed by atoms with Crippen LogP contribution in [0.2, 0.25) is 0 Å². The van der Waals surface area contributed by atoms with Crippen LogP contribution in [0.3, 0.4) is 0 Å². The fraction of sp³-hybridized carbons (Fsp3) is 0.464. The van der Waals surface area contributed by atoms with Crippen LogP contribution in [-0.4, -0.2) is 41.8 Å². The van der Waals surface area contributed by atoms with Gasteiger partial charge in [-0.1, -0.05) is 48.5 Å². The molecule has 1 unspecified atom stereocenters. The number of aliphatic carboxylic acids is 1. The summed E-state index contributed by atoms with van der Waals surface area (Å²) in [5.74, 6) is -0.744. The normalized spacial score (nSPS) is 21.9. The van der Waals surface area contributed by atoms with E-state index in [1.165, 1.54) is 22.3 Å². The van der Waals surface area contributed by atoms with E-state index in [2.05, 4.69) is 34.9 Å². The molecule has 0 spiro atoms. The van der Waals surface area contributed by atoms with Gasteiger partial charge in [0.1, 0.15) is 6.61 Å². The van der Waals surface area contributed by atoms with Crippen molar-refractivity contribution in [3.05, 3.63) is 59.7 Å². The minimum absolute atomic E-state index is 0.0188. The highest BCUT2D eigenvalue weighted by Crippen LogP contribution is 2.44. The average molecular weight is 477 g/mol. The molecule has 0 heterocycles. The number of carbonyl (C=O) groups excluding carboxylic acids is 2. The van der Waals surface area contributed by atoms with Crippen LogP contribution in [-0.2, 0) is 14.3 Å². The first-order valence-corrected chi connectivity index (χ1v) is 12.6. The Bertz CT molecular complexity index is 1060. The van der Waals surface area contributed by atoms with Crippen molar-refractivity contribution < 1.29 is 24.2 Å². The molecule has 0 bridgehead atoms. The second kappa shape index (κ2) is 10.1. The predicted octanol–water partition coefficient (Wildman–Crippen LogP) is 4.45. The number of alkyl carbamates (subject to hydrolysis) is 1. The molecular weight excluding hydrogens is 444 g/mol. The topological polar surface area (TPSA) is 105 Å². The average Bonchev–Trinajstić information content (AvgIpc) is 3.65. The molecule has 184 valence electrons. The molecular formula is C28H32N2O5. The van der Waals surface area contributed by atoms with Gasteiger partial charge in [-0.25, -0.2) is 4.79 Å². The maximum Gasteiger partial charge on any atom is 0.407 e. The SMILES string of the molecule is O=C(O)CC(NC(=O)C1CCC(NC(=O)OCC2c3ccccc3-c3ccccc32)CC1)C1CC1. The fourth-order valence-corrected chi connectivity index (χ4v) is 5.63. The van der Waals surface area contributed by atoms with Crippen LogP contribution >= 0.6 is 0 Å². The summed E-state index contributed by atoms with van der Waals surface area (Å²) < 4.78 is 5.65. The van der Waals surface area contributed by atoms with Gasteiger partial charge in [0.05, 0.1) is 6.42 Å². The van der Waals surface area contributed by atoms with Gasteiger partial charge in [-0.2, -0.15) is 0 Å². The van der Waals surface area contributed by atoms with Crippen molar-refractivity contribution in [3.63, 3.8) is 0 Å². The monoisotopic (exact) mass is 476 g/mol. The molecule has 2 fully saturated rings. The smallest absolute Gasteiger partial charge is 0.407 e. The Kier molecular flexibility index (Phi) is 6.75. The van der Waals surface area contributed by atoms with Gasteiger partial charge in [-0.15, -0.1) is 0 Å². The van der Waals surface area contributed by atoms with E-state index < -0.39 is 12.1 Å². The van der Waals surface area contributed by atoms with Crippen molar-refractivity contribution in [2.24, 2.45) is 11.8 Å². The second-order valence-electron chi connectivity index (χ2n) is 10.1. The summed E-state index contributed by atoms with van der Waals surface area (Å²) in [6.07, 6.45) is 4.27. The minimum Gasteiger partial charge on any atom is -0.481 e. The Labute approximate surface area is 205 Å². The number of carboxylic acid groups (broad SMARTS) is 1. The number of ether oxygens (including phenoxy) is 1. The summed E-state index contributed by atoms with van der Waals surface area (Å²) in [5.41, 5.74) is 4.75. The summed E-state index contributed by atoms with van der Waals surface area (Å²) in [7, 11) is 0. The highest BCUT2D eigenvalue weighted by molar-refractivity contribution is 5.80. The third kappa shape index (κ3) is 5.34. The van der Waals surface area contributed by atoms with Gasteiger partial charge in [-0.05, 0) is 66.7 Å². The van der Waals surface area contributed by atoms with Crippen LogP contribution in [0.25, 0.3) is 11.1 Å². The van der Waals surface area contributed by atoms with Gasteiger partial charge in [0, 0.05) is 23.9 Å². The number of fused-ring (bicyclic) bond motifs is 3. The molecule has 2 amide bonds. The highest BCUT2D eigenvalue weighted by Gasteiger charge is 2.36. The van der Waals surface area contributed by atoms with Gasteiger partial charge in [0.15, 0.2) is 0 Å². The van der Waals surface area contributed by atoms with Gasteiger partial charge in [-0.3, -0.25) is 9.59 Å². The third-order valence-electron chi connectivity index (χ3n) is 7.68. The molecule has 3 aliphatic carbocycles. The second-order valence-corrected chi connectivity index (χ2v) is 10.1. The minimum atomic E-state index is -0.877. The zero-order valence-corrected chi connectivity index (χ0v) is 19.7. The van der Waals surface area contributed by atoms with Crippen LogP contribution < -0.4 is 10.6 Å². The van der Waals surface area contributed by atoms with Crippen LogP contribution in [0.4, 0.5) is 4.79 Å². The van der Waals surface area contributed by atoms with Gasteiger partial charge in [0.2, 0.25) is 5.91 Å². The molecule has 0 saturated heterocycles. The standard InChI is InChI=1S/C28H32N2O5/c31-26(32)15-25(17-9-10-17)30-27(33)18-11-13-19(14-12-18)29-28(34)35-16-24-22-7-3-1-5-20(22)21-6-2-4-8-23(21)24/h1-8,17-19,24-25H,9-16H2,(H,29,34)(H,30,33)(H,31,32). The van der Waals surface area contributed by atoms with Crippen LogP contribution in [0.5, 0.6) is 0 Å². The van der Waals surface area contributed by atoms with Crippen molar-refractivity contribution in [2.75, 3.05) is 6.61 Å². The summed E-state index contributed by atoms with van der Waals surface area (Å²) in [5, 5.41) is 15.1. The molecule has 0 aliphatic heterocycles. The lowest BCUT2D eigenvalue weighted by atomic mass is 9.85. The van der Waals surface area contributed by atoms with Crippen LogP contribution in [0.1, 0.15) is 62.0 Å². The van der Waals surface area contributed by atoms with E-state index in [4.69, 9.17) is 9.84 Å². The molecule has 2 aromatic rings. The van der Waals surface area contributed by atoms with E-state index in [-0.39, 0.29) is 42.9 Å². The van der Waals surface area contributed by atoms with Gasteiger partial charge >= 0.3 is 12.1 Å². The maximum atomic E-state index is 12.7. The molecule has 7 heteroatoms. The molecule has 2 aromatic carbocycles. The Morgan fingerprint density at radius 2 is 1.49 bits per heavy atom. The molecule has 35 heavy (non-hydrogen) atoms. The van der Waals surface area contributed by atoms with E-state index in [0.29, 0.717) is 31.6 Å². The number of carbonyl (C=O) groups is 3. The Morgan fingerprint density at radius 1 is 0.886 bits per heavy atom. The largest absolute Gasteiger partial charge is 0.481 e. The number of hydrogen-bond acceptors (Lipinski definition) is 4. The van der Waals surface area contributed by atoms with Crippen molar-refractivity contribution >= 4 is 18.0 Å². The van der Waals surface area contributed by atoms with Crippen molar-refractivity contribution in [2.45, 2.75) is 62.9 Å². The zero-order valence-electron chi connectivity index (χ0n) is 19.7. The van der Waals surface area contributed by atoms with E-state index in [1.54, 1.807) is 0 Å². The number of benzene rings is 2. The summed E-state index contributed by atoms with van der Waals surface area (Å²) in [6.45, 7) is 0.281. The van der Waals surface area contributed by atoms with E-state index in [9.17, 15) is 14.4 Å². The Hall–Kier alpha value is -3.35. The summed E-state index contributed by atoms with van der Waals surface area (Å²) in [4.78, 5) is 36.4. The number of hydrogen-bond donors (Lipinski definition) is 3. The summed E-state index contributed by atoms with van der Waals surface area (Å²) in [6, 6.07) is 16.2. The first kappa shape index (κ1) is 23.4. The number of carboxylic acids is 1. The van der Waals surface area contributed by atoms with Crippen molar-refractivity contribution in [1.29, 1.82) is 0 Å². The number of nitrogens with one attached hydrogen (secondary N) is 2. The van der Waals surface area contributed by atoms with Crippen molar-refractivity contribution in [1.82, 2.24) is 10.6 Å². The van der Waals surface area contributed by atoms with Crippen molar-refractivity contribution in [3.8, 4) is 11.1 Å². The lowest BCUT2D eigenvalue weighted by molar-refractivity contribution is -0.138. The molecule has 2 saturated carbocycles. The Balaban J connectivity index is 1.09. The Morgan fingerprint density at radius 3 is 2.06 bits per heavy atom. The van der Waals surface area contributed by atoms with Crippen LogP contribution in [0, 0.1) is 11.8 Å². The lowest BCUT2D eigenvalue weighted by Crippen LogP contribution is -2.44. The molecule has 1 atom stereocenters. The first-order chi connectivity index (χ1) is 17.0. The quantitative estimate of drug-likeness (QED) is 0.522. The molecule has 7 nitrogen and oxygen atoms in total. The molecule has 3 aliphatic rings. The van der Waals surface area contributed by atoms with E-state index >= 15 is 0 Å². The molecule has 0 aromatic heterocycles. The highest BCUT2D eigenvalue weighted by atomic mass is 16.5. The predicted molar refractivity (Wildman–Crippen MR) is 131 cm³/mol.